The molecule has 0 radical (unpaired) electrons. The van der Waals surface area contributed by atoms with E-state index in [9.17, 15) is 4.79 Å². The van der Waals surface area contributed by atoms with Gasteiger partial charge in [-0.05, 0) is 43.2 Å². The predicted octanol–water partition coefficient (Wildman–Crippen LogP) is 2.39. The number of carbonyl (C=O) groups is 1. The molecule has 20 heavy (non-hydrogen) atoms. The van der Waals surface area contributed by atoms with Crippen LogP contribution in [0.15, 0.2) is 30.3 Å². The highest BCUT2D eigenvalue weighted by atomic mass is 16.2. The Balaban J connectivity index is 1.57. The summed E-state index contributed by atoms with van der Waals surface area (Å²) in [6.45, 7) is 4.98. The predicted molar refractivity (Wildman–Crippen MR) is 80.6 cm³/mol. The molecule has 0 spiro atoms. The van der Waals surface area contributed by atoms with Gasteiger partial charge in [0.2, 0.25) is 5.91 Å². The van der Waals surface area contributed by atoms with Crippen LogP contribution in [0.3, 0.4) is 0 Å². The molecule has 1 amide bonds. The van der Waals surface area contributed by atoms with E-state index in [0.29, 0.717) is 17.7 Å². The molecule has 108 valence electrons. The number of benzene rings is 1. The summed E-state index contributed by atoms with van der Waals surface area (Å²) >= 11 is 0. The fourth-order valence-electron chi connectivity index (χ4n) is 3.52. The molecule has 0 bridgehead atoms. The maximum atomic E-state index is 12.5. The smallest absolute Gasteiger partial charge is 0.239 e. The minimum atomic E-state index is 0.0586. The fourth-order valence-corrected chi connectivity index (χ4v) is 3.52. The first kappa shape index (κ1) is 13.6. The molecule has 0 saturated carbocycles. The maximum Gasteiger partial charge on any atom is 0.239 e. The van der Waals surface area contributed by atoms with E-state index in [0.717, 1.165) is 38.9 Å². The average molecular weight is 272 g/mol. The van der Waals surface area contributed by atoms with Crippen LogP contribution < -0.4 is 5.32 Å². The lowest BCUT2D eigenvalue weighted by Crippen LogP contribution is -2.48. The summed E-state index contributed by atoms with van der Waals surface area (Å²) in [6.07, 6.45) is 3.31. The van der Waals surface area contributed by atoms with Crippen molar-refractivity contribution in [3.63, 3.8) is 0 Å². The number of hydrogen-bond acceptors (Lipinski definition) is 2. The molecule has 3 rings (SSSR count). The van der Waals surface area contributed by atoms with E-state index >= 15 is 0 Å². The summed E-state index contributed by atoms with van der Waals surface area (Å²) in [4.78, 5) is 14.6. The van der Waals surface area contributed by atoms with Crippen LogP contribution in [0.4, 0.5) is 0 Å². The average Bonchev–Trinajstić information content (AvgIpc) is 2.94. The Kier molecular flexibility index (Phi) is 4.06. The van der Waals surface area contributed by atoms with Gasteiger partial charge in [-0.25, -0.2) is 0 Å². The van der Waals surface area contributed by atoms with Crippen LogP contribution in [0.1, 0.15) is 37.7 Å². The largest absolute Gasteiger partial charge is 0.341 e. The highest BCUT2D eigenvalue weighted by Gasteiger charge is 2.34. The minimum Gasteiger partial charge on any atom is -0.341 e. The van der Waals surface area contributed by atoms with Crippen LogP contribution in [0.25, 0.3) is 0 Å². The van der Waals surface area contributed by atoms with Crippen molar-refractivity contribution in [2.24, 2.45) is 5.92 Å². The molecule has 0 aliphatic carbocycles. The zero-order valence-corrected chi connectivity index (χ0v) is 12.2. The van der Waals surface area contributed by atoms with Gasteiger partial charge in [0.25, 0.3) is 0 Å². The topological polar surface area (TPSA) is 32.3 Å². The molecule has 2 fully saturated rings. The molecule has 1 aromatic rings. The summed E-state index contributed by atoms with van der Waals surface area (Å²) in [5, 5.41) is 3.36. The number of nitrogens with zero attached hydrogens (tertiary/aromatic N) is 1. The summed E-state index contributed by atoms with van der Waals surface area (Å²) < 4.78 is 0. The van der Waals surface area contributed by atoms with Crippen molar-refractivity contribution in [3.05, 3.63) is 35.9 Å². The highest BCUT2D eigenvalue weighted by molar-refractivity contribution is 5.82. The van der Waals surface area contributed by atoms with E-state index in [1.54, 1.807) is 0 Å². The van der Waals surface area contributed by atoms with Crippen LogP contribution in [0, 0.1) is 5.92 Å². The molecule has 2 aliphatic rings. The SMILES string of the molecule is CC1CCNC1C(=O)N1CCC(c2ccccc2)CC1. The van der Waals surface area contributed by atoms with Crippen molar-refractivity contribution in [1.29, 1.82) is 0 Å². The van der Waals surface area contributed by atoms with Gasteiger partial charge in [0.1, 0.15) is 0 Å². The Hall–Kier alpha value is -1.35. The number of rotatable bonds is 2. The van der Waals surface area contributed by atoms with Crippen molar-refractivity contribution in [3.8, 4) is 0 Å². The summed E-state index contributed by atoms with van der Waals surface area (Å²) in [7, 11) is 0. The zero-order chi connectivity index (χ0) is 13.9. The van der Waals surface area contributed by atoms with Gasteiger partial charge < -0.3 is 10.2 Å². The van der Waals surface area contributed by atoms with E-state index in [4.69, 9.17) is 0 Å². The van der Waals surface area contributed by atoms with Gasteiger partial charge in [-0.15, -0.1) is 0 Å². The van der Waals surface area contributed by atoms with E-state index < -0.39 is 0 Å². The van der Waals surface area contributed by atoms with E-state index in [-0.39, 0.29) is 6.04 Å². The third-order valence-corrected chi connectivity index (χ3v) is 4.88. The second-order valence-corrected chi connectivity index (χ2v) is 6.21. The summed E-state index contributed by atoms with van der Waals surface area (Å²) in [5.41, 5.74) is 1.42. The third kappa shape index (κ3) is 2.73. The highest BCUT2D eigenvalue weighted by Crippen LogP contribution is 2.28. The van der Waals surface area contributed by atoms with Gasteiger partial charge in [-0.1, -0.05) is 37.3 Å². The van der Waals surface area contributed by atoms with Gasteiger partial charge in [-0.2, -0.15) is 0 Å². The summed E-state index contributed by atoms with van der Waals surface area (Å²) in [6, 6.07) is 10.8. The van der Waals surface area contributed by atoms with Crippen molar-refractivity contribution in [1.82, 2.24) is 10.2 Å². The lowest BCUT2D eigenvalue weighted by Gasteiger charge is -2.34. The standard InChI is InChI=1S/C17H24N2O/c1-13-7-10-18-16(13)17(20)19-11-8-15(9-12-19)14-5-3-2-4-6-14/h2-6,13,15-16,18H,7-12H2,1H3. The Labute approximate surface area is 121 Å². The minimum absolute atomic E-state index is 0.0586. The molecule has 2 aliphatic heterocycles. The number of piperidine rings is 1. The van der Waals surface area contributed by atoms with Gasteiger partial charge >= 0.3 is 0 Å². The number of carbonyl (C=O) groups excluding carboxylic acids is 1. The van der Waals surface area contributed by atoms with Crippen LogP contribution in [-0.2, 0) is 4.79 Å². The number of amides is 1. The van der Waals surface area contributed by atoms with Crippen LogP contribution in [0.2, 0.25) is 0 Å². The lowest BCUT2D eigenvalue weighted by atomic mass is 9.89. The van der Waals surface area contributed by atoms with Crippen LogP contribution >= 0.6 is 0 Å². The molecular formula is C17H24N2O. The Morgan fingerprint density at radius 1 is 1.15 bits per heavy atom. The van der Waals surface area contributed by atoms with Crippen molar-refractivity contribution in [2.75, 3.05) is 19.6 Å². The second kappa shape index (κ2) is 5.96. The molecule has 2 saturated heterocycles. The number of hydrogen-bond donors (Lipinski definition) is 1. The van der Waals surface area contributed by atoms with E-state index in [2.05, 4.69) is 47.5 Å². The second-order valence-electron chi connectivity index (χ2n) is 6.21. The fraction of sp³-hybridized carbons (Fsp3) is 0.588. The van der Waals surface area contributed by atoms with E-state index in [1.165, 1.54) is 5.56 Å². The Morgan fingerprint density at radius 2 is 1.85 bits per heavy atom. The Morgan fingerprint density at radius 3 is 2.45 bits per heavy atom. The Bertz CT molecular complexity index is 451. The first-order valence-electron chi connectivity index (χ1n) is 7.83. The molecular weight excluding hydrogens is 248 g/mol. The van der Waals surface area contributed by atoms with Crippen molar-refractivity contribution in [2.45, 2.75) is 38.1 Å². The monoisotopic (exact) mass is 272 g/mol. The first-order valence-corrected chi connectivity index (χ1v) is 7.83. The van der Waals surface area contributed by atoms with E-state index in [1.807, 2.05) is 0 Å². The number of likely N-dealkylation sites (tertiary alicyclic amines) is 1. The molecule has 2 atom stereocenters. The van der Waals surface area contributed by atoms with Gasteiger partial charge in [0.05, 0.1) is 6.04 Å². The molecule has 3 nitrogen and oxygen atoms in total. The zero-order valence-electron chi connectivity index (χ0n) is 12.2. The van der Waals surface area contributed by atoms with Crippen molar-refractivity contribution >= 4 is 5.91 Å². The molecule has 1 N–H and O–H groups in total. The van der Waals surface area contributed by atoms with Crippen molar-refractivity contribution < 1.29 is 4.79 Å². The molecule has 2 heterocycles. The van der Waals surface area contributed by atoms with Crippen LogP contribution in [0.5, 0.6) is 0 Å². The van der Waals surface area contributed by atoms with Gasteiger partial charge in [0.15, 0.2) is 0 Å². The number of nitrogens with one attached hydrogen (secondary N) is 1. The third-order valence-electron chi connectivity index (χ3n) is 4.88. The summed E-state index contributed by atoms with van der Waals surface area (Å²) in [5.74, 6) is 1.42. The lowest BCUT2D eigenvalue weighted by molar-refractivity contribution is -0.135. The molecule has 0 aromatic heterocycles. The first-order chi connectivity index (χ1) is 9.75. The van der Waals surface area contributed by atoms with Gasteiger partial charge in [0, 0.05) is 13.1 Å². The molecule has 3 heteroatoms. The molecule has 1 aromatic carbocycles. The normalized spacial score (nSPS) is 27.8. The quantitative estimate of drug-likeness (QED) is 0.896. The molecule has 2 unspecified atom stereocenters. The maximum absolute atomic E-state index is 12.5. The van der Waals surface area contributed by atoms with Gasteiger partial charge in [-0.3, -0.25) is 4.79 Å². The van der Waals surface area contributed by atoms with Crippen LogP contribution in [-0.4, -0.2) is 36.5 Å².